The van der Waals surface area contributed by atoms with Gasteiger partial charge in [0.25, 0.3) is 0 Å². The number of carbonyl (C=O) groups is 8. The lowest BCUT2D eigenvalue weighted by Crippen LogP contribution is -2.44. The number of rotatable bonds is 28. The second kappa shape index (κ2) is 29.5. The van der Waals surface area contributed by atoms with E-state index in [9.17, 15) is 38.4 Å². The Bertz CT molecular complexity index is 1170. The molecule has 328 valence electrons. The van der Waals surface area contributed by atoms with Crippen molar-refractivity contribution in [3.8, 4) is 0 Å². The summed E-state index contributed by atoms with van der Waals surface area (Å²) in [6, 6.07) is -1.97. The number of ether oxygens (including phenoxy) is 10. The van der Waals surface area contributed by atoms with Gasteiger partial charge >= 0.3 is 48.0 Å². The van der Waals surface area contributed by atoms with Gasteiger partial charge in [-0.05, 0) is 60.8 Å². The van der Waals surface area contributed by atoms with Crippen molar-refractivity contribution in [2.75, 3.05) is 67.1 Å². The Balaban J connectivity index is 4.94. The molecule has 0 spiro atoms. The molecule has 20 heteroatoms. The third-order valence-electron chi connectivity index (χ3n) is 6.61. The number of nitrogens with one attached hydrogen (secondary N) is 2. The fourth-order valence-electron chi connectivity index (χ4n) is 4.03. The van der Waals surface area contributed by atoms with Crippen molar-refractivity contribution >= 4 is 48.0 Å². The van der Waals surface area contributed by atoms with Crippen molar-refractivity contribution in [1.82, 2.24) is 10.6 Å². The largest absolute Gasteiger partial charge is 0.463 e. The number of amides is 2. The van der Waals surface area contributed by atoms with Crippen LogP contribution in [0.3, 0.4) is 0 Å². The predicted molar refractivity (Wildman–Crippen MR) is 197 cm³/mol. The minimum Gasteiger partial charge on any atom is -0.463 e. The molecule has 0 aromatic heterocycles. The normalized spacial score (nSPS) is 12.2. The molecule has 0 aromatic rings. The van der Waals surface area contributed by atoms with Gasteiger partial charge in [0, 0.05) is 52.7 Å². The van der Waals surface area contributed by atoms with Crippen molar-refractivity contribution in [1.29, 1.82) is 0 Å². The summed E-state index contributed by atoms with van der Waals surface area (Å²) in [5.74, 6) is -3.75. The summed E-state index contributed by atoms with van der Waals surface area (Å²) in [6.07, 6.45) is -2.01. The summed E-state index contributed by atoms with van der Waals surface area (Å²) in [5, 5.41) is 4.97. The zero-order valence-corrected chi connectivity index (χ0v) is 34.5. The highest BCUT2D eigenvalue weighted by Gasteiger charge is 2.24. The Labute approximate surface area is 333 Å². The van der Waals surface area contributed by atoms with E-state index in [1.54, 1.807) is 41.5 Å². The van der Waals surface area contributed by atoms with Crippen molar-refractivity contribution < 1.29 is 85.7 Å². The molecule has 0 aliphatic heterocycles. The summed E-state index contributed by atoms with van der Waals surface area (Å²) in [7, 11) is 2.94. The maximum Gasteiger partial charge on any atom is 0.408 e. The minimum atomic E-state index is -0.983. The number of hydrogen-bond donors (Lipinski definition) is 2. The highest BCUT2D eigenvalue weighted by molar-refractivity contribution is 5.74. The van der Waals surface area contributed by atoms with Crippen LogP contribution in [0.15, 0.2) is 0 Å². The molecule has 0 bridgehead atoms. The molecule has 57 heavy (non-hydrogen) atoms. The average Bonchev–Trinajstić information content (AvgIpc) is 3.09. The second-order valence-electron chi connectivity index (χ2n) is 14.4. The van der Waals surface area contributed by atoms with Crippen LogP contribution in [-0.2, 0) is 76.1 Å². The molecule has 0 radical (unpaired) electrons. The molecule has 2 atom stereocenters. The average molecular weight is 823 g/mol. The molecule has 2 unspecified atom stereocenters. The molecule has 0 saturated carbocycles. The maximum absolute atomic E-state index is 12.5. The fraction of sp³-hybridized carbons (Fsp3) is 0.784. The number of esters is 6. The summed E-state index contributed by atoms with van der Waals surface area (Å²) in [4.78, 5) is 97.6. The third kappa shape index (κ3) is 33.2. The molecule has 0 rings (SSSR count). The van der Waals surface area contributed by atoms with Crippen LogP contribution in [0.5, 0.6) is 0 Å². The summed E-state index contributed by atoms with van der Waals surface area (Å²) in [6.45, 7) is 9.06. The topological polar surface area (TPSA) is 253 Å². The molecule has 0 aliphatic rings. The van der Waals surface area contributed by atoms with Gasteiger partial charge in [0.2, 0.25) is 0 Å². The van der Waals surface area contributed by atoms with Gasteiger partial charge in [-0.2, -0.15) is 0 Å². The van der Waals surface area contributed by atoms with E-state index in [4.69, 9.17) is 47.4 Å². The van der Waals surface area contributed by atoms with E-state index in [0.29, 0.717) is 0 Å². The lowest BCUT2D eigenvalue weighted by Gasteiger charge is -2.23. The number of alkyl carbamates (subject to hydrolysis) is 2. The van der Waals surface area contributed by atoms with Crippen molar-refractivity contribution in [3.05, 3.63) is 0 Å². The first-order valence-electron chi connectivity index (χ1n) is 18.6. The quantitative estimate of drug-likeness (QED) is 0.0654. The summed E-state index contributed by atoms with van der Waals surface area (Å²) < 4.78 is 50.8. The zero-order valence-electron chi connectivity index (χ0n) is 34.5. The van der Waals surface area contributed by atoms with Crippen LogP contribution in [-0.4, -0.2) is 138 Å². The van der Waals surface area contributed by atoms with Crippen molar-refractivity contribution in [2.45, 2.75) is 123 Å². The predicted octanol–water partition coefficient (Wildman–Crippen LogP) is 2.84. The van der Waals surface area contributed by atoms with E-state index in [1.165, 1.54) is 14.2 Å². The van der Waals surface area contributed by atoms with Gasteiger partial charge < -0.3 is 58.0 Å². The van der Waals surface area contributed by atoms with E-state index in [0.717, 1.165) is 0 Å². The molecule has 2 amide bonds. The Morgan fingerprint density at radius 1 is 0.404 bits per heavy atom. The molecular formula is C37H62N2O18. The Morgan fingerprint density at radius 3 is 0.877 bits per heavy atom. The SMILES string of the molecule is COCCOC(=O)CCCC(=O)OCC(COC(=O)CCCC(=O)OCC(COC(=O)CCCC(=O)OCCOC)NC(=O)OC(C)(C)C)NC(=O)OC(C)(C)C. The Kier molecular flexibility index (Phi) is 27.1. The van der Waals surface area contributed by atoms with Gasteiger partial charge in [0.05, 0.1) is 13.2 Å². The van der Waals surface area contributed by atoms with Crippen LogP contribution in [0.1, 0.15) is 99.3 Å². The Hall–Kier alpha value is -4.72. The van der Waals surface area contributed by atoms with Gasteiger partial charge in [-0.1, -0.05) is 0 Å². The van der Waals surface area contributed by atoms with Gasteiger partial charge in [-0.25, -0.2) is 9.59 Å². The van der Waals surface area contributed by atoms with Crippen LogP contribution in [0.4, 0.5) is 9.59 Å². The molecule has 0 heterocycles. The van der Waals surface area contributed by atoms with Gasteiger partial charge in [0.1, 0.15) is 62.9 Å². The first-order valence-corrected chi connectivity index (χ1v) is 18.6. The van der Waals surface area contributed by atoms with Crippen molar-refractivity contribution in [3.63, 3.8) is 0 Å². The fourth-order valence-corrected chi connectivity index (χ4v) is 4.03. The second-order valence-corrected chi connectivity index (χ2v) is 14.4. The number of methoxy groups -OCH3 is 2. The highest BCUT2D eigenvalue weighted by Crippen LogP contribution is 2.10. The van der Waals surface area contributed by atoms with Crippen LogP contribution in [0.2, 0.25) is 0 Å². The lowest BCUT2D eigenvalue weighted by atomic mass is 10.2. The molecule has 2 N–H and O–H groups in total. The van der Waals surface area contributed by atoms with Crippen LogP contribution in [0, 0.1) is 0 Å². The Morgan fingerprint density at radius 2 is 0.649 bits per heavy atom. The first kappa shape index (κ1) is 52.3. The van der Waals surface area contributed by atoms with E-state index in [2.05, 4.69) is 10.6 Å². The third-order valence-corrected chi connectivity index (χ3v) is 6.61. The van der Waals surface area contributed by atoms with Crippen molar-refractivity contribution in [2.24, 2.45) is 0 Å². The number of hydrogen-bond acceptors (Lipinski definition) is 18. The molecule has 0 aromatic carbocycles. The monoisotopic (exact) mass is 822 g/mol. The smallest absolute Gasteiger partial charge is 0.408 e. The molecule has 20 nitrogen and oxygen atoms in total. The summed E-state index contributed by atoms with van der Waals surface area (Å²) in [5.41, 5.74) is -1.68. The lowest BCUT2D eigenvalue weighted by molar-refractivity contribution is -0.149. The van der Waals surface area contributed by atoms with E-state index < -0.39 is 84.5 Å². The zero-order chi connectivity index (χ0) is 43.3. The molecular weight excluding hydrogens is 760 g/mol. The van der Waals surface area contributed by atoms with Gasteiger partial charge in [-0.15, -0.1) is 0 Å². The molecule has 0 fully saturated rings. The van der Waals surface area contributed by atoms with E-state index >= 15 is 0 Å². The van der Waals surface area contributed by atoms with Gasteiger partial charge in [-0.3, -0.25) is 28.8 Å². The standard InChI is InChI=1S/C37H62N2O18/c1-36(2,3)56-34(46)38-26(22-52-30(42)14-9-12-28(40)50-20-18-48-7)24-54-32(44)16-11-17-33(45)55-25-27(39-35(47)57-37(4,5)6)23-53-31(43)15-10-13-29(41)51-21-19-49-8/h26-27H,9-25H2,1-8H3,(H,38,46)(H,39,47). The summed E-state index contributed by atoms with van der Waals surface area (Å²) >= 11 is 0. The molecule has 0 saturated heterocycles. The first-order chi connectivity index (χ1) is 26.7. The highest BCUT2D eigenvalue weighted by atomic mass is 16.6. The minimum absolute atomic E-state index is 0.0117. The van der Waals surface area contributed by atoms with E-state index in [1.807, 2.05) is 0 Å². The molecule has 0 aliphatic carbocycles. The number of carbonyl (C=O) groups excluding carboxylic acids is 8. The maximum atomic E-state index is 12.5. The van der Waals surface area contributed by atoms with Crippen LogP contribution < -0.4 is 10.6 Å². The van der Waals surface area contributed by atoms with Crippen LogP contribution in [0.25, 0.3) is 0 Å². The van der Waals surface area contributed by atoms with Gasteiger partial charge in [0.15, 0.2) is 0 Å². The van der Waals surface area contributed by atoms with E-state index in [-0.39, 0.29) is 97.4 Å². The van der Waals surface area contributed by atoms with Crippen LogP contribution >= 0.6 is 0 Å².